The molecule has 0 saturated heterocycles. The molecule has 0 bridgehead atoms. The summed E-state index contributed by atoms with van der Waals surface area (Å²) in [5.41, 5.74) is 0. The van der Waals surface area contributed by atoms with Crippen molar-refractivity contribution in [1.82, 2.24) is 0 Å². The summed E-state index contributed by atoms with van der Waals surface area (Å²) in [6.45, 7) is 0.180. The van der Waals surface area contributed by atoms with Gasteiger partial charge in [-0.1, -0.05) is 133 Å². The van der Waals surface area contributed by atoms with E-state index in [-0.39, 0.29) is 12.8 Å². The Labute approximate surface area is 334 Å². The Kier molecular flexibility index (Phi) is 34.8. The second-order valence-electron chi connectivity index (χ2n) is 13.4. The Bertz CT molecular complexity index is 1210. The molecule has 0 aromatic heterocycles. The molecule has 0 rings (SSSR count). The lowest BCUT2D eigenvalue weighted by Crippen LogP contribution is -2.25. The maximum absolute atomic E-state index is 12.1. The number of esters is 2. The summed E-state index contributed by atoms with van der Waals surface area (Å²) >= 11 is 0. The van der Waals surface area contributed by atoms with Gasteiger partial charge in [-0.2, -0.15) is 0 Å². The summed E-state index contributed by atoms with van der Waals surface area (Å²) in [5, 5.41) is 29.8. The number of aliphatic hydroxyl groups is 3. The smallest absolute Gasteiger partial charge is 0.463 e. The fourth-order valence-electron chi connectivity index (χ4n) is 4.75. The predicted molar refractivity (Wildman–Crippen MR) is 214 cm³/mol. The van der Waals surface area contributed by atoms with Gasteiger partial charge in [-0.05, 0) is 32.1 Å². The first kappa shape index (κ1) is 54.0. The number of allylic oxidation sites excluding steroid dienone is 8. The SMILES string of the molecule is CC/C=C/C=C/C=C\C=C/CCCCCC(=O)OCC(O)COP(=O)(O)OCC(O)COP(=O)(O)OCC(O)COC(=O)CCCCCCCCCCCCC. The zero-order valence-corrected chi connectivity index (χ0v) is 35.3. The van der Waals surface area contributed by atoms with E-state index < -0.39 is 85.5 Å². The Balaban J connectivity index is 4.00. The fraction of sp³-hybridized carbons (Fsp3) is 0.744. The van der Waals surface area contributed by atoms with E-state index in [1.54, 1.807) is 0 Å². The number of ether oxygens (including phenoxy) is 2. The van der Waals surface area contributed by atoms with Gasteiger partial charge in [0.1, 0.15) is 31.5 Å². The molecule has 0 saturated carbocycles. The number of phosphoric acid groups is 2. The van der Waals surface area contributed by atoms with E-state index in [1.165, 1.54) is 44.9 Å². The van der Waals surface area contributed by atoms with Crippen LogP contribution in [-0.2, 0) is 46.3 Å². The number of hydrogen-bond acceptors (Lipinski definition) is 13. The largest absolute Gasteiger partial charge is 0.472 e. The highest BCUT2D eigenvalue weighted by molar-refractivity contribution is 7.47. The van der Waals surface area contributed by atoms with Crippen LogP contribution in [0.5, 0.6) is 0 Å². The van der Waals surface area contributed by atoms with Crippen LogP contribution in [-0.4, -0.2) is 95.0 Å². The van der Waals surface area contributed by atoms with Crippen molar-refractivity contribution in [2.45, 2.75) is 148 Å². The van der Waals surface area contributed by atoms with Crippen LogP contribution in [0.15, 0.2) is 48.6 Å². The summed E-state index contributed by atoms with van der Waals surface area (Å²) in [5.74, 6) is -1.04. The lowest BCUT2D eigenvalue weighted by atomic mass is 10.1. The molecule has 0 radical (unpaired) electrons. The van der Waals surface area contributed by atoms with Crippen molar-refractivity contribution in [3.05, 3.63) is 48.6 Å². The highest BCUT2D eigenvalue weighted by Gasteiger charge is 2.28. The number of rotatable bonds is 38. The minimum absolute atomic E-state index is 0.149. The van der Waals surface area contributed by atoms with Crippen molar-refractivity contribution in [3.63, 3.8) is 0 Å². The van der Waals surface area contributed by atoms with E-state index in [0.29, 0.717) is 12.8 Å². The van der Waals surface area contributed by atoms with E-state index >= 15 is 0 Å². The van der Waals surface area contributed by atoms with Gasteiger partial charge in [0.15, 0.2) is 0 Å². The van der Waals surface area contributed by atoms with Gasteiger partial charge in [0, 0.05) is 12.8 Å². The summed E-state index contributed by atoms with van der Waals surface area (Å²) in [6, 6.07) is 0. The van der Waals surface area contributed by atoms with Gasteiger partial charge < -0.3 is 34.6 Å². The first-order valence-electron chi connectivity index (χ1n) is 20.0. The van der Waals surface area contributed by atoms with E-state index in [0.717, 1.165) is 44.9 Å². The topological polar surface area (TPSA) is 225 Å². The number of aliphatic hydroxyl groups excluding tert-OH is 3. The molecule has 5 unspecified atom stereocenters. The average Bonchev–Trinajstić information content (AvgIpc) is 3.17. The minimum Gasteiger partial charge on any atom is -0.463 e. The van der Waals surface area contributed by atoms with Gasteiger partial charge in [-0.15, -0.1) is 0 Å². The monoisotopic (exact) mass is 840 g/mol. The number of unbranched alkanes of at least 4 members (excludes halogenated alkanes) is 13. The Morgan fingerprint density at radius 2 is 0.821 bits per heavy atom. The Hall–Kier alpha value is -2.00. The lowest BCUT2D eigenvalue weighted by molar-refractivity contribution is -0.148. The first-order chi connectivity index (χ1) is 26.8. The van der Waals surface area contributed by atoms with Gasteiger partial charge in [-0.3, -0.25) is 27.7 Å². The van der Waals surface area contributed by atoms with Crippen molar-refractivity contribution in [3.8, 4) is 0 Å². The normalized spacial score (nSPS) is 16.1. The van der Waals surface area contributed by atoms with Crippen LogP contribution >= 0.6 is 15.6 Å². The summed E-state index contributed by atoms with van der Waals surface area (Å²) < 4.78 is 52.7. The van der Waals surface area contributed by atoms with Crippen molar-refractivity contribution >= 4 is 27.6 Å². The molecular formula is C39H70O15P2. The van der Waals surface area contributed by atoms with Crippen LogP contribution in [0, 0.1) is 0 Å². The van der Waals surface area contributed by atoms with E-state index in [9.17, 15) is 43.8 Å². The number of hydrogen-bond donors (Lipinski definition) is 5. The Morgan fingerprint density at radius 3 is 1.23 bits per heavy atom. The molecule has 5 atom stereocenters. The summed E-state index contributed by atoms with van der Waals surface area (Å²) in [4.78, 5) is 43.5. The minimum atomic E-state index is -4.79. The molecule has 0 amide bonds. The van der Waals surface area contributed by atoms with Gasteiger partial charge in [-0.25, -0.2) is 9.13 Å². The fourth-order valence-corrected chi connectivity index (χ4v) is 6.34. The first-order valence-corrected chi connectivity index (χ1v) is 23.0. The molecule has 326 valence electrons. The third-order valence-electron chi connectivity index (χ3n) is 7.89. The highest BCUT2D eigenvalue weighted by Crippen LogP contribution is 2.45. The highest BCUT2D eigenvalue weighted by atomic mass is 31.2. The number of phosphoric ester groups is 2. The van der Waals surface area contributed by atoms with Crippen LogP contribution < -0.4 is 0 Å². The zero-order chi connectivity index (χ0) is 41.8. The second-order valence-corrected chi connectivity index (χ2v) is 16.3. The van der Waals surface area contributed by atoms with Crippen molar-refractivity contribution in [1.29, 1.82) is 0 Å². The van der Waals surface area contributed by atoms with Crippen molar-refractivity contribution in [2.75, 3.05) is 39.6 Å². The molecule has 0 aliphatic heterocycles. The Morgan fingerprint density at radius 1 is 0.482 bits per heavy atom. The molecule has 0 spiro atoms. The second kappa shape index (κ2) is 36.1. The van der Waals surface area contributed by atoms with Gasteiger partial charge >= 0.3 is 27.6 Å². The van der Waals surface area contributed by atoms with Crippen LogP contribution in [0.4, 0.5) is 0 Å². The molecule has 56 heavy (non-hydrogen) atoms. The third kappa shape index (κ3) is 37.6. The molecule has 0 heterocycles. The molecule has 15 nitrogen and oxygen atoms in total. The zero-order valence-electron chi connectivity index (χ0n) is 33.5. The lowest BCUT2D eigenvalue weighted by Gasteiger charge is -2.19. The van der Waals surface area contributed by atoms with Crippen LogP contribution in [0.2, 0.25) is 0 Å². The molecule has 17 heteroatoms. The average molecular weight is 841 g/mol. The van der Waals surface area contributed by atoms with Crippen LogP contribution in [0.3, 0.4) is 0 Å². The molecule has 0 aliphatic carbocycles. The molecule has 5 N–H and O–H groups in total. The molecule has 0 aromatic rings. The molecule has 0 fully saturated rings. The molecular weight excluding hydrogens is 770 g/mol. The van der Waals surface area contributed by atoms with E-state index in [2.05, 4.69) is 38.0 Å². The van der Waals surface area contributed by atoms with Crippen LogP contribution in [0.25, 0.3) is 0 Å². The predicted octanol–water partition coefficient (Wildman–Crippen LogP) is 7.71. The van der Waals surface area contributed by atoms with Gasteiger partial charge in [0.25, 0.3) is 0 Å². The molecule has 0 aromatic carbocycles. The van der Waals surface area contributed by atoms with E-state index in [1.807, 2.05) is 42.5 Å². The summed E-state index contributed by atoms with van der Waals surface area (Å²) in [6.07, 6.45) is 28.4. The molecule has 0 aliphatic rings. The third-order valence-corrected chi connectivity index (χ3v) is 9.79. The standard InChI is InChI=1S/C39H70O15P2/c1-3-5-7-9-11-13-15-16-18-20-22-24-26-28-39(44)50-30-36(41)32-52-56(47,48)54-34-37(42)33-53-55(45,46)51-31-35(40)29-49-38(43)27-25-23-21-19-17-14-12-10-8-6-4-2/h5,7,9,11,13,15-16,18,35-37,40-42H,3-4,6,8,10,12,14,17,19-34H2,1-2H3,(H,45,46)(H,47,48)/b7-5+,11-9+,15-13-,18-16-. The van der Waals surface area contributed by atoms with Crippen LogP contribution in [0.1, 0.15) is 129 Å². The quantitative estimate of drug-likeness (QED) is 0.0174. The number of carbonyl (C=O) groups excluding carboxylic acids is 2. The van der Waals surface area contributed by atoms with Gasteiger partial charge in [0.05, 0.1) is 26.4 Å². The maximum atomic E-state index is 12.1. The van der Waals surface area contributed by atoms with Crippen molar-refractivity contribution < 1.29 is 71.4 Å². The maximum Gasteiger partial charge on any atom is 0.472 e. The number of carbonyl (C=O) groups is 2. The summed E-state index contributed by atoms with van der Waals surface area (Å²) in [7, 11) is -9.56. The van der Waals surface area contributed by atoms with Gasteiger partial charge in [0.2, 0.25) is 0 Å². The van der Waals surface area contributed by atoms with E-state index in [4.69, 9.17) is 9.47 Å². The van der Waals surface area contributed by atoms with Crippen molar-refractivity contribution in [2.24, 2.45) is 0 Å².